The average Bonchev–Trinajstić information content (AvgIpc) is 2.35. The summed E-state index contributed by atoms with van der Waals surface area (Å²) in [6.07, 6.45) is 7.01. The average molecular weight is 217 g/mol. The summed E-state index contributed by atoms with van der Waals surface area (Å²) in [5.74, 6) is 3.57. The quantitative estimate of drug-likeness (QED) is 0.584. The molecule has 0 fully saturated rings. The number of nitrogens with one attached hydrogen (secondary N) is 1. The SMILES string of the molecule is C#CCCNC(CC)c1ccccc1OC. The fourth-order valence-electron chi connectivity index (χ4n) is 1.75. The van der Waals surface area contributed by atoms with Crippen LogP contribution in [0.15, 0.2) is 24.3 Å². The molecule has 2 heteroatoms. The van der Waals surface area contributed by atoms with Gasteiger partial charge in [-0.05, 0) is 12.5 Å². The predicted molar refractivity (Wildman–Crippen MR) is 67.5 cm³/mol. The molecule has 0 bridgehead atoms. The van der Waals surface area contributed by atoms with Crippen LogP contribution in [-0.4, -0.2) is 13.7 Å². The molecule has 1 N–H and O–H groups in total. The number of methoxy groups -OCH3 is 1. The highest BCUT2D eigenvalue weighted by Gasteiger charge is 2.12. The van der Waals surface area contributed by atoms with E-state index in [0.717, 1.165) is 25.1 Å². The Morgan fingerprint density at radius 2 is 2.19 bits per heavy atom. The monoisotopic (exact) mass is 217 g/mol. The van der Waals surface area contributed by atoms with Crippen molar-refractivity contribution in [3.63, 3.8) is 0 Å². The molecule has 0 saturated carbocycles. The second-order valence-corrected chi connectivity index (χ2v) is 3.61. The van der Waals surface area contributed by atoms with E-state index in [1.165, 1.54) is 5.56 Å². The zero-order chi connectivity index (χ0) is 11.8. The second-order valence-electron chi connectivity index (χ2n) is 3.61. The maximum Gasteiger partial charge on any atom is 0.123 e. The maximum atomic E-state index is 5.35. The molecule has 0 amide bonds. The highest BCUT2D eigenvalue weighted by Crippen LogP contribution is 2.26. The zero-order valence-corrected chi connectivity index (χ0v) is 9.99. The Balaban J connectivity index is 2.74. The van der Waals surface area contributed by atoms with Crippen molar-refractivity contribution in [2.24, 2.45) is 0 Å². The number of ether oxygens (including phenoxy) is 1. The van der Waals surface area contributed by atoms with Gasteiger partial charge in [0.1, 0.15) is 5.75 Å². The minimum atomic E-state index is 0.310. The lowest BCUT2D eigenvalue weighted by Crippen LogP contribution is -2.22. The van der Waals surface area contributed by atoms with Crippen LogP contribution in [-0.2, 0) is 0 Å². The van der Waals surface area contributed by atoms with Gasteiger partial charge in [0.05, 0.1) is 7.11 Å². The number of rotatable bonds is 6. The summed E-state index contributed by atoms with van der Waals surface area (Å²) in [7, 11) is 1.70. The molecule has 86 valence electrons. The Kier molecular flexibility index (Phi) is 5.45. The van der Waals surface area contributed by atoms with Crippen molar-refractivity contribution in [2.75, 3.05) is 13.7 Å². The van der Waals surface area contributed by atoms with Crippen molar-refractivity contribution in [3.8, 4) is 18.1 Å². The van der Waals surface area contributed by atoms with Gasteiger partial charge >= 0.3 is 0 Å². The molecular formula is C14H19NO. The van der Waals surface area contributed by atoms with Gasteiger partial charge in [-0.2, -0.15) is 0 Å². The molecule has 1 aromatic carbocycles. The minimum absolute atomic E-state index is 0.310. The lowest BCUT2D eigenvalue weighted by atomic mass is 10.0. The van der Waals surface area contributed by atoms with Gasteiger partial charge in [-0.25, -0.2) is 0 Å². The Hall–Kier alpha value is -1.46. The molecule has 0 aromatic heterocycles. The first-order chi connectivity index (χ1) is 7.83. The van der Waals surface area contributed by atoms with E-state index in [9.17, 15) is 0 Å². The van der Waals surface area contributed by atoms with E-state index >= 15 is 0 Å². The fourth-order valence-corrected chi connectivity index (χ4v) is 1.75. The fraction of sp³-hybridized carbons (Fsp3) is 0.429. The van der Waals surface area contributed by atoms with Crippen molar-refractivity contribution < 1.29 is 4.74 Å². The Morgan fingerprint density at radius 1 is 1.44 bits per heavy atom. The molecule has 16 heavy (non-hydrogen) atoms. The summed E-state index contributed by atoms with van der Waals surface area (Å²) in [4.78, 5) is 0. The number of hydrogen-bond donors (Lipinski definition) is 1. The first-order valence-electron chi connectivity index (χ1n) is 5.63. The van der Waals surface area contributed by atoms with Gasteiger partial charge in [0, 0.05) is 24.6 Å². The predicted octanol–water partition coefficient (Wildman–Crippen LogP) is 2.76. The van der Waals surface area contributed by atoms with Gasteiger partial charge in [-0.3, -0.25) is 0 Å². The molecule has 1 unspecified atom stereocenters. The van der Waals surface area contributed by atoms with Crippen LogP contribution >= 0.6 is 0 Å². The van der Waals surface area contributed by atoms with Crippen molar-refractivity contribution in [1.29, 1.82) is 0 Å². The van der Waals surface area contributed by atoms with Gasteiger partial charge in [0.15, 0.2) is 0 Å². The summed E-state index contributed by atoms with van der Waals surface area (Å²) in [6, 6.07) is 8.40. The highest BCUT2D eigenvalue weighted by molar-refractivity contribution is 5.35. The number of para-hydroxylation sites is 1. The van der Waals surface area contributed by atoms with E-state index in [4.69, 9.17) is 11.2 Å². The van der Waals surface area contributed by atoms with Crippen molar-refractivity contribution in [2.45, 2.75) is 25.8 Å². The molecule has 2 nitrogen and oxygen atoms in total. The van der Waals surface area contributed by atoms with Crippen LogP contribution < -0.4 is 10.1 Å². The molecule has 1 atom stereocenters. The van der Waals surface area contributed by atoms with E-state index < -0.39 is 0 Å². The molecule has 1 aromatic rings. The van der Waals surface area contributed by atoms with Gasteiger partial charge in [0.2, 0.25) is 0 Å². The van der Waals surface area contributed by atoms with E-state index in [0.29, 0.717) is 6.04 Å². The summed E-state index contributed by atoms with van der Waals surface area (Å²) in [5.41, 5.74) is 1.20. The molecule has 0 spiro atoms. The van der Waals surface area contributed by atoms with Gasteiger partial charge in [0.25, 0.3) is 0 Å². The van der Waals surface area contributed by atoms with Crippen LogP contribution in [0, 0.1) is 12.3 Å². The molecule has 0 aliphatic carbocycles. The standard InChI is InChI=1S/C14H19NO/c1-4-6-11-15-13(5-2)12-9-7-8-10-14(12)16-3/h1,7-10,13,15H,5-6,11H2,2-3H3. The topological polar surface area (TPSA) is 21.3 Å². The number of benzene rings is 1. The molecule has 0 heterocycles. The molecule has 0 aliphatic rings. The zero-order valence-electron chi connectivity index (χ0n) is 9.99. The minimum Gasteiger partial charge on any atom is -0.496 e. The van der Waals surface area contributed by atoms with Crippen molar-refractivity contribution in [1.82, 2.24) is 5.32 Å². The van der Waals surface area contributed by atoms with Gasteiger partial charge in [-0.1, -0.05) is 25.1 Å². The third-order valence-corrected chi connectivity index (χ3v) is 2.58. The first-order valence-corrected chi connectivity index (χ1v) is 5.63. The van der Waals surface area contributed by atoms with Crippen LogP contribution in [0.5, 0.6) is 5.75 Å². The summed E-state index contributed by atoms with van der Waals surface area (Å²) in [5, 5.41) is 3.44. The van der Waals surface area contributed by atoms with Crippen LogP contribution in [0.1, 0.15) is 31.4 Å². The highest BCUT2D eigenvalue weighted by atomic mass is 16.5. The van der Waals surface area contributed by atoms with Crippen LogP contribution in [0.25, 0.3) is 0 Å². The van der Waals surface area contributed by atoms with Crippen LogP contribution in [0.4, 0.5) is 0 Å². The Morgan fingerprint density at radius 3 is 2.81 bits per heavy atom. The van der Waals surface area contributed by atoms with Crippen LogP contribution in [0.2, 0.25) is 0 Å². The smallest absolute Gasteiger partial charge is 0.123 e. The van der Waals surface area contributed by atoms with Gasteiger partial charge in [-0.15, -0.1) is 12.3 Å². The third-order valence-electron chi connectivity index (χ3n) is 2.58. The van der Waals surface area contributed by atoms with E-state index in [2.05, 4.69) is 24.2 Å². The molecule has 1 rings (SSSR count). The first kappa shape index (κ1) is 12.6. The number of terminal acetylenes is 1. The third kappa shape index (κ3) is 3.29. The summed E-state index contributed by atoms with van der Waals surface area (Å²) in [6.45, 7) is 2.99. The van der Waals surface area contributed by atoms with Crippen molar-refractivity contribution >= 4 is 0 Å². The lowest BCUT2D eigenvalue weighted by molar-refractivity contribution is 0.397. The van der Waals surface area contributed by atoms with E-state index in [1.54, 1.807) is 7.11 Å². The van der Waals surface area contributed by atoms with Crippen LogP contribution in [0.3, 0.4) is 0 Å². The normalized spacial score (nSPS) is 11.8. The summed E-state index contributed by atoms with van der Waals surface area (Å²) < 4.78 is 5.35. The number of hydrogen-bond acceptors (Lipinski definition) is 2. The molecular weight excluding hydrogens is 198 g/mol. The molecule has 0 radical (unpaired) electrons. The van der Waals surface area contributed by atoms with E-state index in [1.807, 2.05) is 18.2 Å². The second kappa shape index (κ2) is 6.92. The Labute approximate surface area is 98.0 Å². The largest absolute Gasteiger partial charge is 0.496 e. The lowest BCUT2D eigenvalue weighted by Gasteiger charge is -2.19. The maximum absolute atomic E-state index is 5.35. The molecule has 0 aliphatic heterocycles. The summed E-state index contributed by atoms with van der Waals surface area (Å²) >= 11 is 0. The van der Waals surface area contributed by atoms with E-state index in [-0.39, 0.29) is 0 Å². The van der Waals surface area contributed by atoms with Crippen molar-refractivity contribution in [3.05, 3.63) is 29.8 Å². The Bertz CT molecular complexity index is 354. The molecule has 0 saturated heterocycles. The van der Waals surface area contributed by atoms with Gasteiger partial charge < -0.3 is 10.1 Å².